The number of aryl methyl sites for hydroxylation is 3. The van der Waals surface area contributed by atoms with E-state index in [0.29, 0.717) is 30.3 Å². The van der Waals surface area contributed by atoms with Gasteiger partial charge in [-0.3, -0.25) is 38.7 Å². The van der Waals surface area contributed by atoms with Crippen LogP contribution in [0.4, 0.5) is 0 Å². The van der Waals surface area contributed by atoms with Crippen molar-refractivity contribution in [2.45, 2.75) is 122 Å². The van der Waals surface area contributed by atoms with E-state index in [1.54, 1.807) is 0 Å². The number of rotatable bonds is 27. The van der Waals surface area contributed by atoms with Gasteiger partial charge in [-0.2, -0.15) is 5.10 Å². The monoisotopic (exact) mass is 1640 g/mol. The number of carbonyl (C=O) groups excluding carboxylic acids is 4. The van der Waals surface area contributed by atoms with Crippen LogP contribution in [0.15, 0.2) is 340 Å². The molecule has 0 saturated carbocycles. The first kappa shape index (κ1) is 86.4. The Labute approximate surface area is 705 Å². The van der Waals surface area contributed by atoms with E-state index >= 15 is 0 Å². The Bertz CT molecular complexity index is 4730. The molecule has 16 rings (SSSR count). The number of halogens is 1. The molecule has 0 bridgehead atoms. The second-order valence-electron chi connectivity index (χ2n) is 32.0. The van der Waals surface area contributed by atoms with E-state index < -0.39 is 11.2 Å². The van der Waals surface area contributed by atoms with Crippen LogP contribution < -0.4 is 15.9 Å². The summed E-state index contributed by atoms with van der Waals surface area (Å²) in [5.41, 5.74) is 13.3. The summed E-state index contributed by atoms with van der Waals surface area (Å²) in [6.07, 6.45) is 16.9. The smallest absolute Gasteiger partial charge is 0.146 e. The minimum absolute atomic E-state index is 0.0194. The van der Waals surface area contributed by atoms with Gasteiger partial charge >= 0.3 is 183 Å². The third-order valence-electron chi connectivity index (χ3n) is 23.8. The van der Waals surface area contributed by atoms with E-state index in [4.69, 9.17) is 0 Å². The Balaban J connectivity index is 0.000000137. The first-order chi connectivity index (χ1) is 57.4. The van der Waals surface area contributed by atoms with E-state index in [1.807, 2.05) is 60.7 Å². The molecular formula is C105H118BrN6O4P. The molecule has 1 aromatic heterocycles. The number of Topliss-reactive ketones (excluding diaryl/α,β-unsaturated/α-hetero) is 3. The topological polar surface area (TPSA) is 99.1 Å². The Morgan fingerprint density at radius 2 is 0.718 bits per heavy atom. The molecular weight excluding hydrogens is 1520 g/mol. The van der Waals surface area contributed by atoms with Gasteiger partial charge in [-0.15, -0.1) is 0 Å². The predicted molar refractivity (Wildman–Crippen MR) is 489 cm³/mol. The first-order valence-corrected chi connectivity index (χ1v) is 47.0. The molecule has 5 heterocycles. The van der Waals surface area contributed by atoms with Gasteiger partial charge < -0.3 is 4.79 Å². The molecule has 4 aliphatic rings. The van der Waals surface area contributed by atoms with Gasteiger partial charge in [0.15, 0.2) is 0 Å². The Kier molecular flexibility index (Phi) is 33.7. The summed E-state index contributed by atoms with van der Waals surface area (Å²) in [5, 5.41) is 5.98. The number of benzene rings is 11. The quantitative estimate of drug-likeness (QED) is 0.0283. The average Bonchev–Trinajstić information content (AvgIpc) is 1.66. The van der Waals surface area contributed by atoms with Crippen LogP contribution >= 0.6 is 20.8 Å². The fourth-order valence-corrected chi connectivity index (χ4v) is 24.9. The summed E-state index contributed by atoms with van der Waals surface area (Å²) in [5.74, 6) is 1.39. The van der Waals surface area contributed by atoms with Gasteiger partial charge in [-0.1, -0.05) is 212 Å². The summed E-state index contributed by atoms with van der Waals surface area (Å²) in [4.78, 5) is 57.5. The second kappa shape index (κ2) is 45.7. The van der Waals surface area contributed by atoms with Crippen molar-refractivity contribution >= 4 is 60.3 Å². The van der Waals surface area contributed by atoms with Gasteiger partial charge in [-0.05, 0) is 135 Å². The fraction of sp³-hybridized carbons (Fsp3) is 0.305. The minimum atomic E-state index is -2.78. The molecule has 10 nitrogen and oxygen atoms in total. The molecule has 12 aromatic rings. The second-order valence-corrected chi connectivity index (χ2v) is 41.1. The molecule has 4 aliphatic heterocycles. The zero-order valence-electron chi connectivity index (χ0n) is 68.5. The van der Waals surface area contributed by atoms with E-state index in [-0.39, 0.29) is 17.6 Å². The number of ketones is 3. The van der Waals surface area contributed by atoms with Crippen LogP contribution in [-0.4, -0.2) is 112 Å². The summed E-state index contributed by atoms with van der Waals surface area (Å²) in [7, 11) is 2.10. The zero-order chi connectivity index (χ0) is 81.0. The molecule has 11 aromatic carbocycles. The Hall–Kier alpha value is -9.94. The SMILES string of the molecule is BrP(CCCc1ccccc1)(c1ccccc1)(c1ccccc1)c1ccccc1.Cn1ncc(Cc2ccccc2)c1C1CCN(Cc2ccccc2)CC1.O=C(CCc1ccccc1)C1CCN(Cc2ccccc2)CC1.O=C1CCN(Cc2ccccc2)CC1.O=CC(Cc1ccccc1)C(=O)C1CCN(Cc2ccccc2)CC1. The average molecular weight is 1640 g/mol. The Morgan fingerprint density at radius 3 is 1.09 bits per heavy atom. The molecule has 0 radical (unpaired) electrons. The van der Waals surface area contributed by atoms with Crippen molar-refractivity contribution in [3.8, 4) is 0 Å². The number of piperidine rings is 4. The normalized spacial score (nSPS) is 15.8. The number of aldehydes is 1. The molecule has 117 heavy (non-hydrogen) atoms. The van der Waals surface area contributed by atoms with Crippen LogP contribution in [0.3, 0.4) is 0 Å². The maximum Gasteiger partial charge on any atom is 0.146 e. The molecule has 4 saturated heterocycles. The van der Waals surface area contributed by atoms with Gasteiger partial charge in [0.05, 0.1) is 12.1 Å². The fourth-order valence-electron chi connectivity index (χ4n) is 17.2. The van der Waals surface area contributed by atoms with Crippen molar-refractivity contribution in [3.63, 3.8) is 0 Å². The van der Waals surface area contributed by atoms with E-state index in [0.717, 1.165) is 161 Å². The third kappa shape index (κ3) is 26.0. The number of hydrogen-bond acceptors (Lipinski definition) is 9. The molecule has 4 fully saturated rings. The molecule has 1 unspecified atom stereocenters. The molecule has 0 spiro atoms. The number of nitrogens with zero attached hydrogens (tertiary/aromatic N) is 6. The summed E-state index contributed by atoms with van der Waals surface area (Å²) in [6, 6.07) is 117. The van der Waals surface area contributed by atoms with Gasteiger partial charge in [0, 0.05) is 95.4 Å². The molecule has 604 valence electrons. The van der Waals surface area contributed by atoms with Gasteiger partial charge in [0.25, 0.3) is 0 Å². The van der Waals surface area contributed by atoms with Gasteiger partial charge in [0.1, 0.15) is 23.6 Å². The van der Waals surface area contributed by atoms with Crippen LogP contribution in [0.25, 0.3) is 0 Å². The summed E-state index contributed by atoms with van der Waals surface area (Å²) < 4.78 is 2.11. The predicted octanol–water partition coefficient (Wildman–Crippen LogP) is 20.3. The summed E-state index contributed by atoms with van der Waals surface area (Å²) in [6.45, 7) is 12.1. The van der Waals surface area contributed by atoms with Crippen LogP contribution in [-0.2, 0) is 78.1 Å². The van der Waals surface area contributed by atoms with Crippen molar-refractivity contribution in [3.05, 3.63) is 396 Å². The number of carbonyl (C=O) groups is 4. The van der Waals surface area contributed by atoms with Crippen molar-refractivity contribution in [1.29, 1.82) is 0 Å². The van der Waals surface area contributed by atoms with E-state index in [9.17, 15) is 19.2 Å². The van der Waals surface area contributed by atoms with Crippen LogP contribution in [0.5, 0.6) is 0 Å². The molecule has 0 amide bonds. The van der Waals surface area contributed by atoms with Crippen molar-refractivity contribution in [1.82, 2.24) is 29.4 Å². The van der Waals surface area contributed by atoms with E-state index in [1.165, 1.54) is 79.0 Å². The largest absolute Gasteiger partial charge is 0.303 e. The summed E-state index contributed by atoms with van der Waals surface area (Å²) >= 11 is 4.52. The molecule has 0 N–H and O–H groups in total. The number of aromatic nitrogens is 2. The Morgan fingerprint density at radius 1 is 0.402 bits per heavy atom. The maximum absolute atomic E-state index is 12.7. The van der Waals surface area contributed by atoms with Crippen molar-refractivity contribution < 1.29 is 19.2 Å². The number of likely N-dealkylation sites (tertiary alicyclic amines) is 4. The number of hydrogen-bond donors (Lipinski definition) is 0. The third-order valence-corrected chi connectivity index (χ3v) is 33.8. The van der Waals surface area contributed by atoms with Crippen LogP contribution in [0.2, 0.25) is 0 Å². The van der Waals surface area contributed by atoms with E-state index in [2.05, 4.69) is 331 Å². The van der Waals surface area contributed by atoms with Gasteiger partial charge in [-0.25, -0.2) is 0 Å². The zero-order valence-corrected chi connectivity index (χ0v) is 70.9. The molecule has 12 heteroatoms. The van der Waals surface area contributed by atoms with Crippen molar-refractivity contribution in [2.75, 3.05) is 58.5 Å². The standard InChI is InChI=1S/C27H26BrP.C23H27N3.C22H25NO2.C21H25NO.C12H15NO/c28-29(25-17-7-2-8-18-25,26-19-9-3-10-20-26,27-21-11-4-12-22-27)23-13-16-24-14-5-1-6-15-24;1-25-23(22(17-24-25)16-19-8-4-2-5-9-19)21-12-14-26(15-13-21)18-20-10-6-3-7-11-20;24-17-21(15-18-7-3-1-4-8-18)22(25)20-11-13-23(14-12-20)16-19-9-5-2-6-10-19;23-21(12-11-18-7-3-1-4-8-18)20-13-15-22(16-14-20)17-19-9-5-2-6-10-19;14-12-6-8-13(9-7-12)10-11-4-2-1-3-5-11/h1-12,14-15,17-22H,13,16,23H2;2-11,17,21H,12-16,18H2,1H3;1-10,17,20-21H,11-16H2;1-10,20H,11-17H2;1-5H,6-10H2. The molecule has 0 aliphatic carbocycles. The first-order valence-electron chi connectivity index (χ1n) is 42.6. The molecule has 1 atom stereocenters. The maximum atomic E-state index is 12.7. The van der Waals surface area contributed by atoms with Crippen molar-refractivity contribution in [2.24, 2.45) is 24.8 Å². The van der Waals surface area contributed by atoms with Crippen LogP contribution in [0, 0.1) is 17.8 Å². The van der Waals surface area contributed by atoms with Crippen LogP contribution in [0.1, 0.15) is 126 Å². The minimum Gasteiger partial charge on any atom is -0.303 e. The van der Waals surface area contributed by atoms with Gasteiger partial charge in [0.2, 0.25) is 0 Å².